The van der Waals surface area contributed by atoms with Crippen molar-refractivity contribution in [2.75, 3.05) is 20.0 Å². The van der Waals surface area contributed by atoms with Gasteiger partial charge in [0.2, 0.25) is 5.91 Å². The predicted molar refractivity (Wildman–Crippen MR) is 71.0 cm³/mol. The number of rotatable bonds is 5. The average molecular weight is 303 g/mol. The van der Waals surface area contributed by atoms with Gasteiger partial charge in [0, 0.05) is 26.8 Å². The number of amides is 1. The summed E-state index contributed by atoms with van der Waals surface area (Å²) < 4.78 is 36.7. The molecule has 4 nitrogen and oxygen atoms in total. The van der Waals surface area contributed by atoms with Crippen LogP contribution in [-0.2, 0) is 20.8 Å². The Morgan fingerprint density at radius 2 is 1.90 bits per heavy atom. The highest BCUT2D eigenvalue weighted by Gasteiger charge is 2.37. The van der Waals surface area contributed by atoms with E-state index >= 15 is 0 Å². The van der Waals surface area contributed by atoms with E-state index in [0.29, 0.717) is 11.3 Å². The SMILES string of the molecule is COC(OC)C1SCC(=O)N1Cc1cc(F)cc(F)c1. The van der Waals surface area contributed by atoms with Gasteiger partial charge in [-0.3, -0.25) is 4.79 Å². The minimum Gasteiger partial charge on any atom is -0.353 e. The van der Waals surface area contributed by atoms with Gasteiger partial charge in [-0.2, -0.15) is 0 Å². The van der Waals surface area contributed by atoms with Gasteiger partial charge in [-0.1, -0.05) is 0 Å². The van der Waals surface area contributed by atoms with E-state index < -0.39 is 17.9 Å². The fraction of sp³-hybridized carbons (Fsp3) is 0.462. The van der Waals surface area contributed by atoms with Gasteiger partial charge in [0.25, 0.3) is 0 Å². The minimum absolute atomic E-state index is 0.108. The van der Waals surface area contributed by atoms with Crippen LogP contribution < -0.4 is 0 Å². The predicted octanol–water partition coefficient (Wildman–Crippen LogP) is 1.99. The van der Waals surface area contributed by atoms with Crippen molar-refractivity contribution in [3.05, 3.63) is 35.4 Å². The van der Waals surface area contributed by atoms with Crippen molar-refractivity contribution in [1.82, 2.24) is 4.90 Å². The second-order valence-electron chi connectivity index (χ2n) is 4.34. The van der Waals surface area contributed by atoms with Crippen molar-refractivity contribution in [3.63, 3.8) is 0 Å². The fourth-order valence-electron chi connectivity index (χ4n) is 2.10. The molecular formula is C13H15F2NO3S. The highest BCUT2D eigenvalue weighted by Crippen LogP contribution is 2.30. The number of nitrogens with zero attached hydrogens (tertiary/aromatic N) is 1. The lowest BCUT2D eigenvalue weighted by atomic mass is 10.2. The second-order valence-corrected chi connectivity index (χ2v) is 5.45. The number of hydrogen-bond acceptors (Lipinski definition) is 4. The smallest absolute Gasteiger partial charge is 0.234 e. The van der Waals surface area contributed by atoms with Crippen LogP contribution in [0.25, 0.3) is 0 Å². The molecule has 0 radical (unpaired) electrons. The zero-order valence-corrected chi connectivity index (χ0v) is 12.0. The molecule has 1 aromatic carbocycles. The molecule has 1 heterocycles. The third-order valence-electron chi connectivity index (χ3n) is 2.98. The molecule has 0 bridgehead atoms. The Labute approximate surface area is 120 Å². The van der Waals surface area contributed by atoms with Crippen molar-refractivity contribution >= 4 is 17.7 Å². The molecule has 1 aliphatic rings. The molecule has 1 atom stereocenters. The first kappa shape index (κ1) is 15.2. The molecule has 2 rings (SSSR count). The highest BCUT2D eigenvalue weighted by molar-refractivity contribution is 8.01. The van der Waals surface area contributed by atoms with Gasteiger partial charge in [0.1, 0.15) is 17.0 Å². The maximum atomic E-state index is 13.2. The number of thioether (sulfide) groups is 1. The number of carbonyl (C=O) groups excluding carboxylic acids is 1. The van der Waals surface area contributed by atoms with Gasteiger partial charge < -0.3 is 14.4 Å². The number of hydrogen-bond donors (Lipinski definition) is 0. The molecule has 0 aromatic heterocycles. The van der Waals surface area contributed by atoms with E-state index in [-0.39, 0.29) is 17.8 Å². The Bertz CT molecular complexity index is 476. The normalized spacial score (nSPS) is 19.1. The first-order valence-corrected chi connectivity index (χ1v) is 7.01. The fourth-order valence-corrected chi connectivity index (χ4v) is 3.33. The molecule has 1 aliphatic heterocycles. The van der Waals surface area contributed by atoms with E-state index in [1.54, 1.807) is 0 Å². The Balaban J connectivity index is 2.18. The molecule has 110 valence electrons. The summed E-state index contributed by atoms with van der Waals surface area (Å²) in [4.78, 5) is 13.4. The highest BCUT2D eigenvalue weighted by atomic mass is 32.2. The van der Waals surface area contributed by atoms with Gasteiger partial charge in [-0.25, -0.2) is 8.78 Å². The molecule has 1 unspecified atom stereocenters. The Hall–Kier alpha value is -1.18. The van der Waals surface area contributed by atoms with Gasteiger partial charge in [0.05, 0.1) is 5.75 Å². The molecule has 0 saturated carbocycles. The third-order valence-corrected chi connectivity index (χ3v) is 4.21. The maximum absolute atomic E-state index is 13.2. The van der Waals surface area contributed by atoms with Crippen molar-refractivity contribution < 1.29 is 23.0 Å². The summed E-state index contributed by atoms with van der Waals surface area (Å²) in [5, 5.41) is -0.330. The Kier molecular flexibility index (Phi) is 4.95. The zero-order valence-electron chi connectivity index (χ0n) is 11.1. The summed E-state index contributed by atoms with van der Waals surface area (Å²) in [7, 11) is 2.97. The lowest BCUT2D eigenvalue weighted by molar-refractivity contribution is -0.146. The van der Waals surface area contributed by atoms with Crippen molar-refractivity contribution in [1.29, 1.82) is 0 Å². The van der Waals surface area contributed by atoms with E-state index in [1.165, 1.54) is 43.0 Å². The lowest BCUT2D eigenvalue weighted by Gasteiger charge is -2.29. The van der Waals surface area contributed by atoms with Crippen LogP contribution in [0.15, 0.2) is 18.2 Å². The summed E-state index contributed by atoms with van der Waals surface area (Å²) in [6, 6.07) is 3.23. The molecule has 20 heavy (non-hydrogen) atoms. The summed E-state index contributed by atoms with van der Waals surface area (Å²) >= 11 is 1.38. The molecular weight excluding hydrogens is 288 g/mol. The van der Waals surface area contributed by atoms with Crippen molar-refractivity contribution in [3.8, 4) is 0 Å². The lowest BCUT2D eigenvalue weighted by Crippen LogP contribution is -2.41. The van der Waals surface area contributed by atoms with Crippen LogP contribution in [0.1, 0.15) is 5.56 Å². The molecule has 0 aliphatic carbocycles. The topological polar surface area (TPSA) is 38.8 Å². The minimum atomic E-state index is -0.661. The number of methoxy groups -OCH3 is 2. The number of halogens is 2. The molecule has 1 saturated heterocycles. The van der Waals surface area contributed by atoms with Gasteiger partial charge in [-0.15, -0.1) is 11.8 Å². The van der Waals surface area contributed by atoms with Gasteiger partial charge in [-0.05, 0) is 17.7 Å². The quantitative estimate of drug-likeness (QED) is 0.780. The second kappa shape index (κ2) is 6.51. The third kappa shape index (κ3) is 3.28. The molecule has 0 N–H and O–H groups in total. The molecule has 1 aromatic rings. The number of benzene rings is 1. The van der Waals surface area contributed by atoms with Crippen LogP contribution in [0.5, 0.6) is 0 Å². The molecule has 7 heteroatoms. The van der Waals surface area contributed by atoms with E-state index in [0.717, 1.165) is 6.07 Å². The van der Waals surface area contributed by atoms with Crippen molar-refractivity contribution in [2.45, 2.75) is 18.2 Å². The van der Waals surface area contributed by atoms with E-state index in [9.17, 15) is 13.6 Å². The maximum Gasteiger partial charge on any atom is 0.234 e. The standard InChI is InChI=1S/C13H15F2NO3S/c1-18-13(19-2)12-16(11(17)7-20-12)6-8-3-9(14)5-10(15)4-8/h3-5,12-13H,6-7H2,1-2H3. The average Bonchev–Trinajstić information content (AvgIpc) is 2.72. The zero-order chi connectivity index (χ0) is 14.7. The first-order valence-electron chi connectivity index (χ1n) is 5.96. The van der Waals surface area contributed by atoms with Crippen LogP contribution >= 0.6 is 11.8 Å². The summed E-state index contributed by atoms with van der Waals surface area (Å²) in [5.74, 6) is -1.13. The Morgan fingerprint density at radius 3 is 2.45 bits per heavy atom. The number of ether oxygens (including phenoxy) is 2. The first-order chi connectivity index (χ1) is 9.55. The van der Waals surface area contributed by atoms with Crippen molar-refractivity contribution in [2.24, 2.45) is 0 Å². The van der Waals surface area contributed by atoms with Gasteiger partial charge in [0.15, 0.2) is 6.29 Å². The van der Waals surface area contributed by atoms with Crippen LogP contribution in [0.2, 0.25) is 0 Å². The molecule has 0 spiro atoms. The van der Waals surface area contributed by atoms with E-state index in [2.05, 4.69) is 0 Å². The molecule has 1 amide bonds. The van der Waals surface area contributed by atoms with E-state index in [1.807, 2.05) is 0 Å². The van der Waals surface area contributed by atoms with Gasteiger partial charge >= 0.3 is 0 Å². The van der Waals surface area contributed by atoms with Crippen LogP contribution in [0.4, 0.5) is 8.78 Å². The summed E-state index contributed by atoms with van der Waals surface area (Å²) in [5.41, 5.74) is 0.398. The summed E-state index contributed by atoms with van der Waals surface area (Å²) in [6.45, 7) is 0.119. The monoisotopic (exact) mass is 303 g/mol. The Morgan fingerprint density at radius 1 is 1.30 bits per heavy atom. The largest absolute Gasteiger partial charge is 0.353 e. The van der Waals surface area contributed by atoms with E-state index in [4.69, 9.17) is 9.47 Å². The summed E-state index contributed by atoms with van der Waals surface area (Å²) in [6.07, 6.45) is -0.579. The van der Waals surface area contributed by atoms with Crippen LogP contribution in [0.3, 0.4) is 0 Å². The molecule has 1 fully saturated rings. The number of carbonyl (C=O) groups is 1. The van der Waals surface area contributed by atoms with Crippen LogP contribution in [0, 0.1) is 11.6 Å². The van der Waals surface area contributed by atoms with Crippen LogP contribution in [-0.4, -0.2) is 42.4 Å².